The molecule has 0 spiro atoms. The van der Waals surface area contributed by atoms with E-state index in [4.69, 9.17) is 0 Å². The zero-order chi connectivity index (χ0) is 8.55. The third-order valence-corrected chi connectivity index (χ3v) is 4.37. The van der Waals surface area contributed by atoms with Gasteiger partial charge < -0.3 is 4.90 Å². The van der Waals surface area contributed by atoms with Crippen LogP contribution in [0.1, 0.15) is 32.1 Å². The van der Waals surface area contributed by atoms with Crippen molar-refractivity contribution in [1.82, 2.24) is 4.90 Å². The molecule has 0 radical (unpaired) electrons. The number of hydrogen-bond acceptors (Lipinski definition) is 1. The molecule has 2 rings (SSSR count). The first-order valence-corrected chi connectivity index (χ1v) is 5.97. The van der Waals surface area contributed by atoms with E-state index in [0.717, 1.165) is 19.4 Å². The highest BCUT2D eigenvalue weighted by Gasteiger charge is 2.35. The number of rotatable bonds is 0. The SMILES string of the molecule is O=C1CCC(I)C2CCCCN12. The maximum Gasteiger partial charge on any atom is 0.222 e. The first kappa shape index (κ1) is 8.78. The summed E-state index contributed by atoms with van der Waals surface area (Å²) in [4.78, 5) is 13.6. The van der Waals surface area contributed by atoms with Gasteiger partial charge >= 0.3 is 0 Å². The van der Waals surface area contributed by atoms with Crippen molar-refractivity contribution in [3.05, 3.63) is 0 Å². The van der Waals surface area contributed by atoms with Crippen LogP contribution in [0.25, 0.3) is 0 Å². The molecule has 2 atom stereocenters. The minimum atomic E-state index is 0.396. The van der Waals surface area contributed by atoms with Crippen LogP contribution in [0.5, 0.6) is 0 Å². The lowest BCUT2D eigenvalue weighted by Gasteiger charge is -2.42. The third kappa shape index (κ3) is 1.47. The Hall–Kier alpha value is 0.200. The summed E-state index contributed by atoms with van der Waals surface area (Å²) in [6.07, 6.45) is 5.64. The summed E-state index contributed by atoms with van der Waals surface area (Å²) in [5, 5.41) is 0. The van der Waals surface area contributed by atoms with Crippen LogP contribution in [-0.4, -0.2) is 27.3 Å². The average molecular weight is 279 g/mol. The Morgan fingerprint density at radius 1 is 1.33 bits per heavy atom. The van der Waals surface area contributed by atoms with Crippen molar-refractivity contribution in [2.24, 2.45) is 0 Å². The largest absolute Gasteiger partial charge is 0.339 e. The number of amides is 1. The van der Waals surface area contributed by atoms with Gasteiger partial charge in [0.05, 0.1) is 0 Å². The summed E-state index contributed by atoms with van der Waals surface area (Å²) in [5.41, 5.74) is 0. The number of carbonyl (C=O) groups excluding carboxylic acids is 1. The molecule has 0 aromatic rings. The van der Waals surface area contributed by atoms with Gasteiger partial charge in [-0.25, -0.2) is 0 Å². The van der Waals surface area contributed by atoms with E-state index in [1.807, 2.05) is 0 Å². The molecule has 3 heteroatoms. The van der Waals surface area contributed by atoms with Crippen molar-refractivity contribution in [1.29, 1.82) is 0 Å². The van der Waals surface area contributed by atoms with E-state index in [9.17, 15) is 4.79 Å². The smallest absolute Gasteiger partial charge is 0.222 e. The van der Waals surface area contributed by atoms with Crippen LogP contribution in [0.4, 0.5) is 0 Å². The molecule has 2 nitrogen and oxygen atoms in total. The van der Waals surface area contributed by atoms with E-state index >= 15 is 0 Å². The van der Waals surface area contributed by atoms with E-state index in [0.29, 0.717) is 15.9 Å². The van der Waals surface area contributed by atoms with Crippen LogP contribution in [0.3, 0.4) is 0 Å². The maximum absolute atomic E-state index is 11.5. The van der Waals surface area contributed by atoms with Gasteiger partial charge in [-0.05, 0) is 25.7 Å². The maximum atomic E-state index is 11.5. The zero-order valence-electron chi connectivity index (χ0n) is 7.13. The quantitative estimate of drug-likeness (QED) is 0.490. The summed E-state index contributed by atoms with van der Waals surface area (Å²) in [7, 11) is 0. The standard InChI is InChI=1S/C9H14INO/c10-7-4-5-9(12)11-6-2-1-3-8(7)11/h7-8H,1-6H2. The lowest BCUT2D eigenvalue weighted by molar-refractivity contribution is -0.137. The van der Waals surface area contributed by atoms with Crippen LogP contribution < -0.4 is 0 Å². The lowest BCUT2D eigenvalue weighted by Crippen LogP contribution is -2.51. The highest BCUT2D eigenvalue weighted by Crippen LogP contribution is 2.31. The van der Waals surface area contributed by atoms with E-state index < -0.39 is 0 Å². The van der Waals surface area contributed by atoms with Crippen molar-refractivity contribution < 1.29 is 4.79 Å². The van der Waals surface area contributed by atoms with Gasteiger partial charge in [0.25, 0.3) is 0 Å². The number of fused-ring (bicyclic) bond motifs is 1. The number of nitrogens with zero attached hydrogens (tertiary/aromatic N) is 1. The van der Waals surface area contributed by atoms with Crippen LogP contribution >= 0.6 is 22.6 Å². The number of piperidine rings is 2. The van der Waals surface area contributed by atoms with Crippen molar-refractivity contribution in [2.75, 3.05) is 6.54 Å². The number of carbonyl (C=O) groups is 1. The van der Waals surface area contributed by atoms with E-state index in [1.165, 1.54) is 19.3 Å². The Labute approximate surface area is 86.8 Å². The lowest BCUT2D eigenvalue weighted by atomic mass is 9.93. The van der Waals surface area contributed by atoms with E-state index in [-0.39, 0.29) is 0 Å². The highest BCUT2D eigenvalue weighted by molar-refractivity contribution is 14.1. The minimum absolute atomic E-state index is 0.396. The van der Waals surface area contributed by atoms with Gasteiger partial charge in [0, 0.05) is 22.9 Å². The predicted molar refractivity (Wildman–Crippen MR) is 56.4 cm³/mol. The monoisotopic (exact) mass is 279 g/mol. The fourth-order valence-electron chi connectivity index (χ4n) is 2.24. The fourth-order valence-corrected chi connectivity index (χ4v) is 3.30. The molecule has 2 aliphatic heterocycles. The van der Waals surface area contributed by atoms with Crippen LogP contribution in [-0.2, 0) is 4.79 Å². The van der Waals surface area contributed by atoms with Crippen LogP contribution in [0.15, 0.2) is 0 Å². The van der Waals surface area contributed by atoms with E-state index in [1.54, 1.807) is 0 Å². The van der Waals surface area contributed by atoms with Gasteiger partial charge in [-0.1, -0.05) is 22.6 Å². The second kappa shape index (κ2) is 3.52. The molecule has 2 aliphatic rings. The topological polar surface area (TPSA) is 20.3 Å². The molecule has 0 N–H and O–H groups in total. The number of halogens is 1. The molecule has 2 saturated heterocycles. The molecule has 0 bridgehead atoms. The second-order valence-corrected chi connectivity index (χ2v) is 5.30. The third-order valence-electron chi connectivity index (χ3n) is 2.92. The fraction of sp³-hybridized carbons (Fsp3) is 0.889. The Balaban J connectivity index is 2.11. The predicted octanol–water partition coefficient (Wildman–Crippen LogP) is 1.96. The van der Waals surface area contributed by atoms with Gasteiger partial charge in [-0.3, -0.25) is 4.79 Å². The van der Waals surface area contributed by atoms with Gasteiger partial charge in [-0.2, -0.15) is 0 Å². The number of hydrogen-bond donors (Lipinski definition) is 0. The summed E-state index contributed by atoms with van der Waals surface area (Å²) in [6.45, 7) is 1.02. The second-order valence-electron chi connectivity index (χ2n) is 3.70. The van der Waals surface area contributed by atoms with E-state index in [2.05, 4.69) is 27.5 Å². The highest BCUT2D eigenvalue weighted by atomic mass is 127. The Bertz CT molecular complexity index is 195. The normalized spacial score (nSPS) is 36.4. The minimum Gasteiger partial charge on any atom is -0.339 e. The first-order chi connectivity index (χ1) is 5.79. The number of alkyl halides is 1. The Morgan fingerprint density at radius 3 is 2.92 bits per heavy atom. The molecular weight excluding hydrogens is 265 g/mol. The molecular formula is C9H14INO. The van der Waals surface area contributed by atoms with Gasteiger partial charge in [-0.15, -0.1) is 0 Å². The molecule has 2 unspecified atom stereocenters. The average Bonchev–Trinajstić information content (AvgIpc) is 2.12. The first-order valence-electron chi connectivity index (χ1n) is 4.72. The molecule has 0 aromatic carbocycles. The van der Waals surface area contributed by atoms with Gasteiger partial charge in [0.2, 0.25) is 5.91 Å². The van der Waals surface area contributed by atoms with Crippen molar-refractivity contribution in [3.8, 4) is 0 Å². The van der Waals surface area contributed by atoms with Gasteiger partial charge in [0.15, 0.2) is 0 Å². The van der Waals surface area contributed by atoms with Crippen molar-refractivity contribution >= 4 is 28.5 Å². The molecule has 68 valence electrons. The molecule has 2 heterocycles. The molecule has 12 heavy (non-hydrogen) atoms. The summed E-state index contributed by atoms with van der Waals surface area (Å²) in [5.74, 6) is 0.396. The molecule has 1 amide bonds. The summed E-state index contributed by atoms with van der Waals surface area (Å²) >= 11 is 2.51. The Morgan fingerprint density at radius 2 is 2.17 bits per heavy atom. The molecule has 0 saturated carbocycles. The molecule has 0 aliphatic carbocycles. The Kier molecular flexibility index (Phi) is 2.57. The van der Waals surface area contributed by atoms with Gasteiger partial charge in [0.1, 0.15) is 0 Å². The zero-order valence-corrected chi connectivity index (χ0v) is 9.29. The summed E-state index contributed by atoms with van der Waals surface area (Å²) < 4.78 is 0.709. The molecule has 0 aromatic heterocycles. The van der Waals surface area contributed by atoms with Crippen molar-refractivity contribution in [3.63, 3.8) is 0 Å². The van der Waals surface area contributed by atoms with Crippen LogP contribution in [0.2, 0.25) is 0 Å². The summed E-state index contributed by atoms with van der Waals surface area (Å²) in [6, 6.07) is 0.570. The van der Waals surface area contributed by atoms with Crippen LogP contribution in [0, 0.1) is 0 Å². The molecule has 2 fully saturated rings. The van der Waals surface area contributed by atoms with Crippen molar-refractivity contribution in [2.45, 2.75) is 42.1 Å².